The minimum absolute atomic E-state index is 0.0351. The summed E-state index contributed by atoms with van der Waals surface area (Å²) in [4.78, 5) is 0. The van der Waals surface area contributed by atoms with E-state index in [2.05, 4.69) is 0 Å². The number of phenols is 1. The number of aromatic hydroxyl groups is 1. The van der Waals surface area contributed by atoms with E-state index in [1.54, 1.807) is 24.3 Å². The van der Waals surface area contributed by atoms with Gasteiger partial charge in [0.15, 0.2) is 11.5 Å². The van der Waals surface area contributed by atoms with Crippen molar-refractivity contribution in [3.8, 4) is 17.6 Å². The molecule has 0 heterocycles. The topological polar surface area (TPSA) is 53.2 Å². The number of hydrogen-bond donors (Lipinski definition) is 1. The standard InChI is InChI=1S/C16H12FNO2/c1-20-16-7-6-11(9-15(16)19)8-12(10-18)13-4-2-3-5-14(13)17/h2-9,19H,1H3/b12-8-. The van der Waals surface area contributed by atoms with Gasteiger partial charge in [0.1, 0.15) is 5.82 Å². The van der Waals surface area contributed by atoms with Crippen LogP contribution in [0.15, 0.2) is 42.5 Å². The molecule has 0 spiro atoms. The zero-order valence-corrected chi connectivity index (χ0v) is 10.8. The second kappa shape index (κ2) is 5.89. The van der Waals surface area contributed by atoms with E-state index < -0.39 is 5.82 Å². The Balaban J connectivity index is 2.45. The zero-order chi connectivity index (χ0) is 14.5. The van der Waals surface area contributed by atoms with Gasteiger partial charge in [0.2, 0.25) is 0 Å². The first-order valence-electron chi connectivity index (χ1n) is 5.89. The van der Waals surface area contributed by atoms with Gasteiger partial charge in [-0.3, -0.25) is 0 Å². The first kappa shape index (κ1) is 13.6. The number of ether oxygens (including phenoxy) is 1. The predicted molar refractivity (Wildman–Crippen MR) is 74.5 cm³/mol. The van der Waals surface area contributed by atoms with E-state index in [1.807, 2.05) is 6.07 Å². The van der Waals surface area contributed by atoms with E-state index in [4.69, 9.17) is 10.00 Å². The lowest BCUT2D eigenvalue weighted by atomic mass is 10.0. The van der Waals surface area contributed by atoms with Crippen LogP contribution in [0.3, 0.4) is 0 Å². The maximum absolute atomic E-state index is 13.7. The SMILES string of the molecule is COc1ccc(/C=C(/C#N)c2ccccc2F)cc1O. The molecule has 0 atom stereocenters. The Kier molecular flexibility index (Phi) is 4.02. The van der Waals surface area contributed by atoms with Gasteiger partial charge in [-0.05, 0) is 29.8 Å². The highest BCUT2D eigenvalue weighted by molar-refractivity contribution is 5.90. The fourth-order valence-corrected chi connectivity index (χ4v) is 1.81. The number of rotatable bonds is 3. The summed E-state index contributed by atoms with van der Waals surface area (Å²) >= 11 is 0. The number of benzene rings is 2. The van der Waals surface area contributed by atoms with Gasteiger partial charge in [-0.2, -0.15) is 5.26 Å². The van der Waals surface area contributed by atoms with Crippen LogP contribution in [0.1, 0.15) is 11.1 Å². The number of phenolic OH excluding ortho intramolecular Hbond substituents is 1. The maximum atomic E-state index is 13.7. The normalized spacial score (nSPS) is 10.9. The Labute approximate surface area is 116 Å². The fraction of sp³-hybridized carbons (Fsp3) is 0.0625. The monoisotopic (exact) mass is 269 g/mol. The summed E-state index contributed by atoms with van der Waals surface area (Å²) in [7, 11) is 1.45. The summed E-state index contributed by atoms with van der Waals surface area (Å²) in [6.07, 6.45) is 1.51. The Bertz CT molecular complexity index is 702. The molecule has 0 aliphatic rings. The van der Waals surface area contributed by atoms with E-state index in [1.165, 1.54) is 31.4 Å². The van der Waals surface area contributed by atoms with Crippen molar-refractivity contribution in [3.63, 3.8) is 0 Å². The lowest BCUT2D eigenvalue weighted by Crippen LogP contribution is -1.88. The van der Waals surface area contributed by atoms with Gasteiger partial charge < -0.3 is 9.84 Å². The van der Waals surface area contributed by atoms with Crippen LogP contribution in [0.4, 0.5) is 4.39 Å². The molecule has 20 heavy (non-hydrogen) atoms. The molecule has 0 unspecified atom stereocenters. The van der Waals surface area contributed by atoms with Crippen molar-refractivity contribution < 1.29 is 14.2 Å². The molecule has 2 aromatic carbocycles. The molecule has 0 radical (unpaired) electrons. The first-order chi connectivity index (χ1) is 9.65. The fourth-order valence-electron chi connectivity index (χ4n) is 1.81. The van der Waals surface area contributed by atoms with E-state index in [0.717, 1.165) is 0 Å². The molecule has 0 saturated carbocycles. The molecule has 4 heteroatoms. The molecule has 2 rings (SSSR count). The van der Waals surface area contributed by atoms with Crippen molar-refractivity contribution in [1.29, 1.82) is 5.26 Å². The number of halogens is 1. The van der Waals surface area contributed by atoms with Gasteiger partial charge in [-0.15, -0.1) is 0 Å². The van der Waals surface area contributed by atoms with Crippen LogP contribution in [0.5, 0.6) is 11.5 Å². The lowest BCUT2D eigenvalue weighted by Gasteiger charge is -2.05. The summed E-state index contributed by atoms with van der Waals surface area (Å²) in [6.45, 7) is 0. The highest BCUT2D eigenvalue weighted by Crippen LogP contribution is 2.28. The van der Waals surface area contributed by atoms with Gasteiger partial charge in [0.05, 0.1) is 18.8 Å². The number of allylic oxidation sites excluding steroid dienone is 1. The average molecular weight is 269 g/mol. The highest BCUT2D eigenvalue weighted by atomic mass is 19.1. The molecule has 0 fully saturated rings. The Morgan fingerprint density at radius 3 is 2.65 bits per heavy atom. The number of hydrogen-bond acceptors (Lipinski definition) is 3. The summed E-state index contributed by atoms with van der Waals surface area (Å²) in [5.41, 5.74) is 1.00. The van der Waals surface area contributed by atoms with Gasteiger partial charge in [0, 0.05) is 5.56 Å². The van der Waals surface area contributed by atoms with Gasteiger partial charge >= 0.3 is 0 Å². The molecule has 0 aliphatic carbocycles. The van der Waals surface area contributed by atoms with Crippen molar-refractivity contribution in [2.45, 2.75) is 0 Å². The Morgan fingerprint density at radius 2 is 2.05 bits per heavy atom. The van der Waals surface area contributed by atoms with Gasteiger partial charge in [0.25, 0.3) is 0 Å². The van der Waals surface area contributed by atoms with Crippen molar-refractivity contribution in [3.05, 3.63) is 59.4 Å². The third kappa shape index (κ3) is 2.78. The molecular formula is C16H12FNO2. The van der Waals surface area contributed by atoms with E-state index >= 15 is 0 Å². The third-order valence-electron chi connectivity index (χ3n) is 2.80. The summed E-state index contributed by atoms with van der Waals surface area (Å²) < 4.78 is 18.6. The summed E-state index contributed by atoms with van der Waals surface area (Å²) in [5.74, 6) is -0.156. The van der Waals surface area contributed by atoms with Crippen LogP contribution in [0.2, 0.25) is 0 Å². The molecular weight excluding hydrogens is 257 g/mol. The maximum Gasteiger partial charge on any atom is 0.160 e. The van der Waals surface area contributed by atoms with Crippen molar-refractivity contribution in [1.82, 2.24) is 0 Å². The van der Waals surface area contributed by atoms with E-state index in [9.17, 15) is 9.50 Å². The third-order valence-corrected chi connectivity index (χ3v) is 2.80. The molecule has 3 nitrogen and oxygen atoms in total. The second-order valence-corrected chi connectivity index (χ2v) is 4.08. The largest absolute Gasteiger partial charge is 0.504 e. The van der Waals surface area contributed by atoms with Crippen molar-refractivity contribution >= 4 is 11.6 Å². The number of methoxy groups -OCH3 is 1. The van der Waals surface area contributed by atoms with Crippen molar-refractivity contribution in [2.24, 2.45) is 0 Å². The van der Waals surface area contributed by atoms with Crippen LogP contribution in [-0.4, -0.2) is 12.2 Å². The predicted octanol–water partition coefficient (Wildman–Crippen LogP) is 3.60. The molecule has 0 saturated heterocycles. The Morgan fingerprint density at radius 1 is 1.30 bits per heavy atom. The van der Waals surface area contributed by atoms with E-state index in [0.29, 0.717) is 11.3 Å². The molecule has 2 aromatic rings. The van der Waals surface area contributed by atoms with Crippen LogP contribution < -0.4 is 4.74 Å². The zero-order valence-electron chi connectivity index (χ0n) is 10.8. The summed E-state index contributed by atoms with van der Waals surface area (Å²) in [6, 6.07) is 12.7. The first-order valence-corrected chi connectivity index (χ1v) is 5.89. The van der Waals surface area contributed by atoms with Crippen LogP contribution in [0.25, 0.3) is 11.6 Å². The molecule has 0 aliphatic heterocycles. The van der Waals surface area contributed by atoms with E-state index in [-0.39, 0.29) is 16.9 Å². The minimum Gasteiger partial charge on any atom is -0.504 e. The number of nitrogens with zero attached hydrogens (tertiary/aromatic N) is 1. The van der Waals surface area contributed by atoms with Crippen LogP contribution in [0, 0.1) is 17.1 Å². The summed E-state index contributed by atoms with van der Waals surface area (Å²) in [5, 5.41) is 18.9. The Hall–Kier alpha value is -2.80. The second-order valence-electron chi connectivity index (χ2n) is 4.08. The number of nitriles is 1. The lowest BCUT2D eigenvalue weighted by molar-refractivity contribution is 0.373. The highest BCUT2D eigenvalue weighted by Gasteiger charge is 2.08. The smallest absolute Gasteiger partial charge is 0.160 e. The van der Waals surface area contributed by atoms with Crippen LogP contribution >= 0.6 is 0 Å². The van der Waals surface area contributed by atoms with Crippen LogP contribution in [-0.2, 0) is 0 Å². The molecule has 0 bridgehead atoms. The quantitative estimate of drug-likeness (QED) is 0.684. The minimum atomic E-state index is -0.460. The molecule has 1 N–H and O–H groups in total. The van der Waals surface area contributed by atoms with Gasteiger partial charge in [-0.25, -0.2) is 4.39 Å². The van der Waals surface area contributed by atoms with Crippen molar-refractivity contribution in [2.75, 3.05) is 7.11 Å². The molecule has 0 aromatic heterocycles. The average Bonchev–Trinajstić information content (AvgIpc) is 2.46. The molecule has 0 amide bonds. The molecule has 100 valence electrons. The van der Waals surface area contributed by atoms with Gasteiger partial charge in [-0.1, -0.05) is 24.3 Å².